The monoisotopic (exact) mass is 263 g/mol. The Morgan fingerprint density at radius 2 is 2.21 bits per heavy atom. The maximum atomic E-state index is 6.00. The van der Waals surface area contributed by atoms with Crippen molar-refractivity contribution in [2.45, 2.75) is 39.8 Å². The van der Waals surface area contributed by atoms with E-state index in [0.717, 1.165) is 42.5 Å². The van der Waals surface area contributed by atoms with Gasteiger partial charge in [0.2, 0.25) is 5.95 Å². The standard InChI is InChI=1S/C13H21N5O/c1-3-18-12-11(9(2)16-18)15-13(14)17(12)6-7-19-8-10-4-5-10/h10H,3-8H2,1-2H3,(H2,14,15). The van der Waals surface area contributed by atoms with Crippen molar-refractivity contribution >= 4 is 17.1 Å². The zero-order valence-corrected chi connectivity index (χ0v) is 11.6. The molecule has 3 rings (SSSR count). The highest BCUT2D eigenvalue weighted by Crippen LogP contribution is 2.28. The minimum Gasteiger partial charge on any atom is -0.379 e. The molecule has 0 unspecified atom stereocenters. The molecule has 6 nitrogen and oxygen atoms in total. The quantitative estimate of drug-likeness (QED) is 0.803. The molecule has 0 amide bonds. The molecule has 1 saturated carbocycles. The zero-order valence-electron chi connectivity index (χ0n) is 11.6. The first-order chi connectivity index (χ1) is 9.20. The zero-order chi connectivity index (χ0) is 13.4. The molecule has 6 heteroatoms. The second kappa shape index (κ2) is 4.85. The van der Waals surface area contributed by atoms with Crippen LogP contribution in [0.3, 0.4) is 0 Å². The number of rotatable bonds is 6. The van der Waals surface area contributed by atoms with Crippen molar-refractivity contribution < 1.29 is 4.74 Å². The van der Waals surface area contributed by atoms with Crippen LogP contribution >= 0.6 is 0 Å². The Labute approximate surface area is 112 Å². The summed E-state index contributed by atoms with van der Waals surface area (Å²) in [6, 6.07) is 0. The predicted molar refractivity (Wildman–Crippen MR) is 73.9 cm³/mol. The Morgan fingerprint density at radius 3 is 2.89 bits per heavy atom. The van der Waals surface area contributed by atoms with E-state index >= 15 is 0 Å². The minimum atomic E-state index is 0.549. The summed E-state index contributed by atoms with van der Waals surface area (Å²) in [5, 5.41) is 4.47. The number of aromatic nitrogens is 4. The third-order valence-corrected chi connectivity index (χ3v) is 3.64. The van der Waals surface area contributed by atoms with Crippen LogP contribution in [0.2, 0.25) is 0 Å². The molecule has 2 aromatic heterocycles. The number of nitrogen functional groups attached to an aromatic ring is 1. The fourth-order valence-corrected chi connectivity index (χ4v) is 2.37. The van der Waals surface area contributed by atoms with Crippen LogP contribution in [-0.4, -0.2) is 32.5 Å². The molecule has 0 aromatic carbocycles. The number of imidazole rings is 1. The van der Waals surface area contributed by atoms with E-state index in [4.69, 9.17) is 10.5 Å². The number of anilines is 1. The molecule has 2 N–H and O–H groups in total. The number of nitrogens with two attached hydrogens (primary N) is 1. The van der Waals surface area contributed by atoms with Crippen molar-refractivity contribution in [3.63, 3.8) is 0 Å². The molecule has 2 aromatic rings. The van der Waals surface area contributed by atoms with Gasteiger partial charge in [-0.3, -0.25) is 4.57 Å². The van der Waals surface area contributed by atoms with Crippen LogP contribution in [0, 0.1) is 12.8 Å². The molecular weight excluding hydrogens is 242 g/mol. The summed E-state index contributed by atoms with van der Waals surface area (Å²) >= 11 is 0. The van der Waals surface area contributed by atoms with Crippen LogP contribution in [0.4, 0.5) is 5.95 Å². The van der Waals surface area contributed by atoms with Crippen LogP contribution in [0.5, 0.6) is 0 Å². The van der Waals surface area contributed by atoms with E-state index in [9.17, 15) is 0 Å². The average molecular weight is 263 g/mol. The molecule has 1 aliphatic carbocycles. The minimum absolute atomic E-state index is 0.549. The van der Waals surface area contributed by atoms with Gasteiger partial charge < -0.3 is 10.5 Å². The van der Waals surface area contributed by atoms with E-state index in [0.29, 0.717) is 12.6 Å². The first-order valence-corrected chi connectivity index (χ1v) is 6.97. The molecule has 0 bridgehead atoms. The predicted octanol–water partition coefficient (Wildman–Crippen LogP) is 1.57. The van der Waals surface area contributed by atoms with Gasteiger partial charge in [-0.1, -0.05) is 0 Å². The van der Waals surface area contributed by atoms with E-state index < -0.39 is 0 Å². The topological polar surface area (TPSA) is 70.9 Å². The fourth-order valence-electron chi connectivity index (χ4n) is 2.37. The Hall–Kier alpha value is -1.56. The van der Waals surface area contributed by atoms with Gasteiger partial charge in [0.15, 0.2) is 5.65 Å². The smallest absolute Gasteiger partial charge is 0.202 e. The molecule has 0 spiro atoms. The van der Waals surface area contributed by atoms with E-state index in [-0.39, 0.29) is 0 Å². The van der Waals surface area contributed by atoms with Gasteiger partial charge in [-0.25, -0.2) is 9.67 Å². The third-order valence-electron chi connectivity index (χ3n) is 3.64. The van der Waals surface area contributed by atoms with Gasteiger partial charge in [-0.2, -0.15) is 5.10 Å². The van der Waals surface area contributed by atoms with E-state index in [1.54, 1.807) is 0 Å². The first-order valence-electron chi connectivity index (χ1n) is 6.97. The second-order valence-electron chi connectivity index (χ2n) is 5.21. The normalized spacial score (nSPS) is 15.5. The fraction of sp³-hybridized carbons (Fsp3) is 0.692. The van der Waals surface area contributed by atoms with E-state index in [1.807, 2.05) is 16.2 Å². The molecule has 104 valence electrons. The molecule has 0 saturated heterocycles. The van der Waals surface area contributed by atoms with Gasteiger partial charge in [-0.05, 0) is 32.6 Å². The van der Waals surface area contributed by atoms with Crippen LogP contribution < -0.4 is 5.73 Å². The highest BCUT2D eigenvalue weighted by molar-refractivity contribution is 5.77. The second-order valence-corrected chi connectivity index (χ2v) is 5.21. The summed E-state index contributed by atoms with van der Waals surface area (Å²) in [4.78, 5) is 4.41. The van der Waals surface area contributed by atoms with Crippen molar-refractivity contribution in [1.29, 1.82) is 0 Å². The lowest BCUT2D eigenvalue weighted by atomic mass is 10.4. The maximum absolute atomic E-state index is 6.00. The number of hydrogen-bond acceptors (Lipinski definition) is 4. The van der Waals surface area contributed by atoms with Gasteiger partial charge in [0, 0.05) is 13.2 Å². The average Bonchev–Trinajstić information content (AvgIpc) is 3.09. The van der Waals surface area contributed by atoms with Crippen LogP contribution in [0.1, 0.15) is 25.5 Å². The summed E-state index contributed by atoms with van der Waals surface area (Å²) in [6.45, 7) is 7.15. The van der Waals surface area contributed by atoms with E-state index in [1.165, 1.54) is 12.8 Å². The highest BCUT2D eigenvalue weighted by Gasteiger charge is 2.21. The molecular formula is C13H21N5O. The summed E-state index contributed by atoms with van der Waals surface area (Å²) in [6.07, 6.45) is 2.64. The lowest BCUT2D eigenvalue weighted by Crippen LogP contribution is -2.12. The Morgan fingerprint density at radius 1 is 1.42 bits per heavy atom. The molecule has 2 heterocycles. The Kier molecular flexibility index (Phi) is 3.18. The molecule has 1 aliphatic rings. The Balaban J connectivity index is 1.78. The van der Waals surface area contributed by atoms with Gasteiger partial charge in [0.25, 0.3) is 0 Å². The number of fused-ring (bicyclic) bond motifs is 1. The van der Waals surface area contributed by atoms with Crippen LogP contribution in [0.15, 0.2) is 0 Å². The largest absolute Gasteiger partial charge is 0.379 e. The Bertz CT molecular complexity index is 581. The van der Waals surface area contributed by atoms with Gasteiger partial charge in [0.1, 0.15) is 5.52 Å². The van der Waals surface area contributed by atoms with Gasteiger partial charge in [-0.15, -0.1) is 0 Å². The number of nitrogens with zero attached hydrogens (tertiary/aromatic N) is 4. The first kappa shape index (κ1) is 12.5. The van der Waals surface area contributed by atoms with Crippen molar-refractivity contribution in [1.82, 2.24) is 19.3 Å². The third kappa shape index (κ3) is 2.32. The van der Waals surface area contributed by atoms with Crippen LogP contribution in [0.25, 0.3) is 11.2 Å². The van der Waals surface area contributed by atoms with E-state index in [2.05, 4.69) is 17.0 Å². The number of aryl methyl sites for hydroxylation is 2. The molecule has 1 fully saturated rings. The van der Waals surface area contributed by atoms with Crippen molar-refractivity contribution in [3.05, 3.63) is 5.69 Å². The summed E-state index contributed by atoms with van der Waals surface area (Å²) in [5.41, 5.74) is 8.84. The lowest BCUT2D eigenvalue weighted by Gasteiger charge is -2.08. The highest BCUT2D eigenvalue weighted by atomic mass is 16.5. The van der Waals surface area contributed by atoms with Crippen molar-refractivity contribution in [3.8, 4) is 0 Å². The van der Waals surface area contributed by atoms with Gasteiger partial charge in [0.05, 0.1) is 18.8 Å². The maximum Gasteiger partial charge on any atom is 0.202 e. The number of hydrogen-bond donors (Lipinski definition) is 1. The lowest BCUT2D eigenvalue weighted by molar-refractivity contribution is 0.117. The van der Waals surface area contributed by atoms with Crippen LogP contribution in [-0.2, 0) is 17.8 Å². The molecule has 0 aliphatic heterocycles. The summed E-state index contributed by atoms with van der Waals surface area (Å²) in [5.74, 6) is 1.34. The molecule has 19 heavy (non-hydrogen) atoms. The van der Waals surface area contributed by atoms with Gasteiger partial charge >= 0.3 is 0 Å². The summed E-state index contributed by atoms with van der Waals surface area (Å²) in [7, 11) is 0. The van der Waals surface area contributed by atoms with Crippen molar-refractivity contribution in [2.24, 2.45) is 5.92 Å². The molecule has 0 radical (unpaired) electrons. The SMILES string of the molecule is CCn1nc(C)c2nc(N)n(CCOCC3CC3)c21. The number of ether oxygens (including phenoxy) is 1. The summed E-state index contributed by atoms with van der Waals surface area (Å²) < 4.78 is 9.64. The van der Waals surface area contributed by atoms with Crippen molar-refractivity contribution in [2.75, 3.05) is 18.9 Å². The molecule has 0 atom stereocenters.